The molecule has 0 amide bonds. The monoisotopic (exact) mass is 420 g/mol. The molecule has 1 aliphatic rings. The fraction of sp³-hybridized carbons (Fsp3) is 0.370. The topological polar surface area (TPSA) is 55.8 Å². The highest BCUT2D eigenvalue weighted by molar-refractivity contribution is 5.96. The van der Waals surface area contributed by atoms with Crippen LogP contribution in [0.25, 0.3) is 0 Å². The van der Waals surface area contributed by atoms with Crippen molar-refractivity contribution in [1.29, 1.82) is 0 Å². The van der Waals surface area contributed by atoms with Gasteiger partial charge in [0.05, 0.1) is 0 Å². The Bertz CT molecular complexity index is 982. The van der Waals surface area contributed by atoms with Gasteiger partial charge in [-0.25, -0.2) is 4.79 Å². The number of esters is 1. The molecule has 0 bridgehead atoms. The van der Waals surface area contributed by atoms with Crippen LogP contribution in [-0.4, -0.2) is 11.1 Å². The molecule has 3 rings (SSSR count). The van der Waals surface area contributed by atoms with Gasteiger partial charge in [-0.2, -0.15) is 0 Å². The van der Waals surface area contributed by atoms with Crippen molar-refractivity contribution in [1.82, 2.24) is 0 Å². The Kier molecular flexibility index (Phi) is 7.56. The number of aromatic hydroxyl groups is 1. The molecule has 4 nitrogen and oxygen atoms in total. The minimum absolute atomic E-state index is 0.164. The van der Waals surface area contributed by atoms with Crippen LogP contribution in [-0.2, 0) is 17.6 Å². The van der Waals surface area contributed by atoms with Gasteiger partial charge in [0.15, 0.2) is 0 Å². The molecule has 1 N–H and O–H groups in total. The zero-order valence-electron chi connectivity index (χ0n) is 18.9. The maximum atomic E-state index is 13.0. The van der Waals surface area contributed by atoms with Gasteiger partial charge in [-0.3, -0.25) is 0 Å². The number of hydrogen-bond donors (Lipinski definition) is 1. The largest absolute Gasteiger partial charge is 0.508 e. The van der Waals surface area contributed by atoms with Gasteiger partial charge in [0.1, 0.15) is 17.1 Å². The fourth-order valence-corrected chi connectivity index (χ4v) is 3.76. The highest BCUT2D eigenvalue weighted by atomic mass is 16.7. The summed E-state index contributed by atoms with van der Waals surface area (Å²) in [6.07, 6.45) is 7.47. The van der Waals surface area contributed by atoms with Crippen molar-refractivity contribution in [2.75, 3.05) is 0 Å². The van der Waals surface area contributed by atoms with Crippen LogP contribution >= 0.6 is 0 Å². The molecular formula is C27H32O4. The number of benzene rings is 2. The Hall–Kier alpha value is -3.01. The van der Waals surface area contributed by atoms with Crippen molar-refractivity contribution < 1.29 is 19.4 Å². The number of fused-ring (bicyclic) bond motifs is 1. The van der Waals surface area contributed by atoms with Gasteiger partial charge in [-0.05, 0) is 58.1 Å². The van der Waals surface area contributed by atoms with E-state index in [2.05, 4.69) is 32.9 Å². The van der Waals surface area contributed by atoms with Crippen molar-refractivity contribution in [3.63, 3.8) is 0 Å². The first-order chi connectivity index (χ1) is 14.9. The normalized spacial score (nSPS) is 15.7. The molecule has 1 heterocycles. The molecule has 164 valence electrons. The van der Waals surface area contributed by atoms with E-state index in [-0.39, 0.29) is 5.75 Å². The van der Waals surface area contributed by atoms with E-state index in [1.807, 2.05) is 37.3 Å². The van der Waals surface area contributed by atoms with Gasteiger partial charge < -0.3 is 14.6 Å². The molecule has 4 heteroatoms. The van der Waals surface area contributed by atoms with Gasteiger partial charge in [0.2, 0.25) is 0 Å². The lowest BCUT2D eigenvalue weighted by atomic mass is 9.94. The molecule has 2 aromatic rings. The molecule has 2 aromatic carbocycles. The number of carbonyl (C=O) groups excluding carboxylic acids is 1. The summed E-state index contributed by atoms with van der Waals surface area (Å²) in [6.45, 7) is 8.33. The molecule has 0 radical (unpaired) electrons. The fourth-order valence-electron chi connectivity index (χ4n) is 3.76. The molecule has 0 aromatic heterocycles. The van der Waals surface area contributed by atoms with E-state index in [9.17, 15) is 9.90 Å². The van der Waals surface area contributed by atoms with E-state index in [1.54, 1.807) is 6.07 Å². The van der Waals surface area contributed by atoms with Gasteiger partial charge in [-0.15, -0.1) is 0 Å². The zero-order chi connectivity index (χ0) is 22.4. The lowest BCUT2D eigenvalue weighted by Gasteiger charge is -2.29. The van der Waals surface area contributed by atoms with E-state index in [0.717, 1.165) is 30.4 Å². The van der Waals surface area contributed by atoms with Crippen molar-refractivity contribution in [3.05, 3.63) is 82.0 Å². The molecule has 0 spiro atoms. The number of ether oxygens (including phenoxy) is 2. The maximum Gasteiger partial charge on any atom is 0.345 e. The predicted octanol–water partition coefficient (Wildman–Crippen LogP) is 6.83. The summed E-state index contributed by atoms with van der Waals surface area (Å²) in [5.74, 6) is 0.211. The molecule has 0 saturated carbocycles. The Labute approximate surface area is 185 Å². The summed E-state index contributed by atoms with van der Waals surface area (Å²) in [7, 11) is 0. The number of aryl methyl sites for hydroxylation is 1. The number of allylic oxidation sites excluding steroid dienone is 4. The molecule has 1 aliphatic heterocycles. The highest BCUT2D eigenvalue weighted by Gasteiger charge is 2.34. The van der Waals surface area contributed by atoms with E-state index >= 15 is 0 Å². The van der Waals surface area contributed by atoms with Gasteiger partial charge in [-0.1, -0.05) is 67.0 Å². The minimum atomic E-state index is -0.820. The maximum absolute atomic E-state index is 13.0. The van der Waals surface area contributed by atoms with Crippen molar-refractivity contribution in [3.8, 4) is 11.5 Å². The summed E-state index contributed by atoms with van der Waals surface area (Å²) >= 11 is 0. The van der Waals surface area contributed by atoms with Gasteiger partial charge >= 0.3 is 5.97 Å². The predicted molar refractivity (Wildman–Crippen MR) is 123 cm³/mol. The second-order valence-corrected chi connectivity index (χ2v) is 8.33. The standard InChI is InChI=1S/C27H32O4/c1-5-10-21-17-23(28)22(16-15-19(4)12-9-11-18(2)3)25-24(21)26(29)31-27(30-25)20-13-7-6-8-14-20/h6-8,11,13-15,17,27-28H,5,9-10,12,16H2,1-4H3/b19-15+. The van der Waals surface area contributed by atoms with Crippen molar-refractivity contribution in [2.24, 2.45) is 0 Å². The molecule has 0 aliphatic carbocycles. The van der Waals surface area contributed by atoms with Crippen LogP contribution in [0.2, 0.25) is 0 Å². The highest BCUT2D eigenvalue weighted by Crippen LogP contribution is 2.42. The van der Waals surface area contributed by atoms with Crippen LogP contribution < -0.4 is 4.74 Å². The quantitative estimate of drug-likeness (QED) is 0.376. The number of phenols is 1. The Morgan fingerprint density at radius 2 is 1.84 bits per heavy atom. The number of cyclic esters (lactones) is 1. The summed E-state index contributed by atoms with van der Waals surface area (Å²) in [4.78, 5) is 13.0. The first kappa shape index (κ1) is 22.7. The Morgan fingerprint density at radius 1 is 1.10 bits per heavy atom. The second kappa shape index (κ2) is 10.3. The smallest absolute Gasteiger partial charge is 0.345 e. The molecular weight excluding hydrogens is 388 g/mol. The van der Waals surface area contributed by atoms with E-state index in [0.29, 0.717) is 29.7 Å². The van der Waals surface area contributed by atoms with Crippen LogP contribution in [0.3, 0.4) is 0 Å². The van der Waals surface area contributed by atoms with E-state index < -0.39 is 12.3 Å². The Balaban J connectivity index is 1.96. The lowest BCUT2D eigenvalue weighted by Crippen LogP contribution is -2.25. The third kappa shape index (κ3) is 5.57. The molecule has 1 unspecified atom stereocenters. The third-order valence-corrected chi connectivity index (χ3v) is 5.42. The summed E-state index contributed by atoms with van der Waals surface area (Å²) in [5.41, 5.74) is 5.15. The first-order valence-corrected chi connectivity index (χ1v) is 11.0. The molecule has 0 saturated heterocycles. The van der Waals surface area contributed by atoms with Crippen molar-refractivity contribution in [2.45, 2.75) is 66.1 Å². The summed E-state index contributed by atoms with van der Waals surface area (Å²) < 4.78 is 11.8. The molecule has 31 heavy (non-hydrogen) atoms. The second-order valence-electron chi connectivity index (χ2n) is 8.33. The SMILES string of the molecule is CCCc1cc(O)c(C/C=C(\C)CCC=C(C)C)c2c1C(=O)OC(c1ccccc1)O2. The number of rotatable bonds is 8. The van der Waals surface area contributed by atoms with E-state index in [1.165, 1.54) is 11.1 Å². The van der Waals surface area contributed by atoms with Crippen LogP contribution in [0.5, 0.6) is 11.5 Å². The summed E-state index contributed by atoms with van der Waals surface area (Å²) in [5, 5.41) is 10.8. The number of hydrogen-bond acceptors (Lipinski definition) is 4. The average Bonchev–Trinajstić information content (AvgIpc) is 2.73. The third-order valence-electron chi connectivity index (χ3n) is 5.42. The molecule has 0 fully saturated rings. The zero-order valence-corrected chi connectivity index (χ0v) is 18.9. The number of phenolic OH excluding ortho intramolecular Hbond substituents is 1. The van der Waals surface area contributed by atoms with Crippen LogP contribution in [0.4, 0.5) is 0 Å². The minimum Gasteiger partial charge on any atom is -0.508 e. The van der Waals surface area contributed by atoms with Crippen molar-refractivity contribution >= 4 is 5.97 Å². The van der Waals surface area contributed by atoms with Crippen LogP contribution in [0, 0.1) is 0 Å². The Morgan fingerprint density at radius 3 is 2.52 bits per heavy atom. The van der Waals surface area contributed by atoms with Crippen LogP contribution in [0.1, 0.15) is 80.3 Å². The lowest BCUT2D eigenvalue weighted by molar-refractivity contribution is -0.0631. The van der Waals surface area contributed by atoms with Gasteiger partial charge in [0.25, 0.3) is 6.29 Å². The van der Waals surface area contributed by atoms with E-state index in [4.69, 9.17) is 9.47 Å². The summed E-state index contributed by atoms with van der Waals surface area (Å²) in [6, 6.07) is 11.1. The van der Waals surface area contributed by atoms with Crippen LogP contribution in [0.15, 0.2) is 59.7 Å². The molecule has 1 atom stereocenters. The average molecular weight is 421 g/mol. The van der Waals surface area contributed by atoms with Gasteiger partial charge in [0, 0.05) is 11.1 Å². The number of carbonyl (C=O) groups is 1. The first-order valence-electron chi connectivity index (χ1n) is 11.0.